The van der Waals surface area contributed by atoms with Crippen molar-refractivity contribution in [3.63, 3.8) is 0 Å². The Balaban J connectivity index is 2.48. The first-order chi connectivity index (χ1) is 8.67. The number of amides is 1. The molecule has 0 atom stereocenters. The molecule has 0 radical (unpaired) electrons. The molecule has 5 heteroatoms. The quantitative estimate of drug-likeness (QED) is 0.763. The third kappa shape index (κ3) is 4.71. The molecule has 1 aromatic rings. The van der Waals surface area contributed by atoms with E-state index in [4.69, 9.17) is 0 Å². The highest BCUT2D eigenvalue weighted by atomic mass is 16.1. The van der Waals surface area contributed by atoms with Crippen LogP contribution in [-0.2, 0) is 0 Å². The van der Waals surface area contributed by atoms with Crippen molar-refractivity contribution in [2.45, 2.75) is 13.8 Å². The van der Waals surface area contributed by atoms with Gasteiger partial charge in [0.15, 0.2) is 0 Å². The minimum absolute atomic E-state index is 0.126. The molecule has 18 heavy (non-hydrogen) atoms. The molecule has 5 nitrogen and oxygen atoms in total. The van der Waals surface area contributed by atoms with Crippen LogP contribution in [0.3, 0.4) is 0 Å². The molecular weight excluding hydrogens is 228 g/mol. The predicted octanol–water partition coefficient (Wildman–Crippen LogP) is 1.19. The first kappa shape index (κ1) is 14.4. The van der Waals surface area contributed by atoms with Crippen molar-refractivity contribution in [2.24, 2.45) is 0 Å². The minimum Gasteiger partial charge on any atom is -0.370 e. The number of nitrogens with one attached hydrogen (secondary N) is 2. The average molecular weight is 250 g/mol. The second-order valence-corrected chi connectivity index (χ2v) is 4.09. The number of likely N-dealkylation sites (N-methyl/N-ethyl adjacent to an activating group) is 1. The van der Waals surface area contributed by atoms with Crippen molar-refractivity contribution >= 4 is 11.7 Å². The van der Waals surface area contributed by atoms with E-state index < -0.39 is 0 Å². The third-order valence-corrected chi connectivity index (χ3v) is 2.66. The number of anilines is 1. The van der Waals surface area contributed by atoms with Gasteiger partial charge in [0.2, 0.25) is 0 Å². The zero-order chi connectivity index (χ0) is 13.4. The van der Waals surface area contributed by atoms with Gasteiger partial charge in [-0.25, -0.2) is 4.98 Å². The maximum atomic E-state index is 11.9. The van der Waals surface area contributed by atoms with E-state index in [9.17, 15) is 4.79 Å². The highest BCUT2D eigenvalue weighted by molar-refractivity contribution is 5.92. The molecule has 0 aliphatic rings. The first-order valence-corrected chi connectivity index (χ1v) is 6.35. The Kier molecular flexibility index (Phi) is 6.14. The first-order valence-electron chi connectivity index (χ1n) is 6.35. The molecule has 0 aromatic carbocycles. The number of hydrogen-bond acceptors (Lipinski definition) is 4. The zero-order valence-corrected chi connectivity index (χ0v) is 11.4. The van der Waals surface area contributed by atoms with Gasteiger partial charge in [-0.2, -0.15) is 0 Å². The summed E-state index contributed by atoms with van der Waals surface area (Å²) in [5.74, 6) is 0.607. The van der Waals surface area contributed by atoms with E-state index >= 15 is 0 Å². The largest absolute Gasteiger partial charge is 0.370 e. The number of hydrogen-bond donors (Lipinski definition) is 2. The number of pyridine rings is 1. The summed E-state index contributed by atoms with van der Waals surface area (Å²) >= 11 is 0. The smallest absolute Gasteiger partial charge is 0.270 e. The van der Waals surface area contributed by atoms with Crippen LogP contribution in [0.15, 0.2) is 18.2 Å². The van der Waals surface area contributed by atoms with E-state index in [1.54, 1.807) is 6.07 Å². The summed E-state index contributed by atoms with van der Waals surface area (Å²) in [4.78, 5) is 18.2. The highest BCUT2D eigenvalue weighted by Crippen LogP contribution is 2.04. The normalized spacial score (nSPS) is 10.4. The molecular formula is C13H22N4O. The zero-order valence-electron chi connectivity index (χ0n) is 11.4. The van der Waals surface area contributed by atoms with Crippen molar-refractivity contribution < 1.29 is 4.79 Å². The fraction of sp³-hybridized carbons (Fsp3) is 0.538. The summed E-state index contributed by atoms with van der Waals surface area (Å²) in [5.41, 5.74) is 0.451. The number of carbonyl (C=O) groups excluding carboxylic acids is 1. The summed E-state index contributed by atoms with van der Waals surface area (Å²) in [5, 5.41) is 5.95. The van der Waals surface area contributed by atoms with Crippen LogP contribution in [0.2, 0.25) is 0 Å². The van der Waals surface area contributed by atoms with E-state index in [1.165, 1.54) is 0 Å². The number of nitrogens with zero attached hydrogens (tertiary/aromatic N) is 2. The summed E-state index contributed by atoms with van der Waals surface area (Å²) in [6.07, 6.45) is 0. The van der Waals surface area contributed by atoms with Gasteiger partial charge in [0, 0.05) is 19.6 Å². The summed E-state index contributed by atoms with van der Waals surface area (Å²) in [7, 11) is 2.02. The van der Waals surface area contributed by atoms with Gasteiger partial charge in [-0.1, -0.05) is 13.0 Å². The Hall–Kier alpha value is -1.62. The van der Waals surface area contributed by atoms with Crippen LogP contribution in [0.25, 0.3) is 0 Å². The van der Waals surface area contributed by atoms with Gasteiger partial charge < -0.3 is 15.5 Å². The van der Waals surface area contributed by atoms with Gasteiger partial charge in [-0.15, -0.1) is 0 Å². The lowest BCUT2D eigenvalue weighted by atomic mass is 10.3. The van der Waals surface area contributed by atoms with E-state index in [1.807, 2.05) is 26.1 Å². The van der Waals surface area contributed by atoms with Crippen molar-refractivity contribution in [2.75, 3.05) is 38.5 Å². The Morgan fingerprint density at radius 3 is 2.83 bits per heavy atom. The van der Waals surface area contributed by atoms with Crippen LogP contribution in [0, 0.1) is 0 Å². The lowest BCUT2D eigenvalue weighted by Gasteiger charge is -2.13. The van der Waals surface area contributed by atoms with Crippen LogP contribution in [0.4, 0.5) is 5.82 Å². The second-order valence-electron chi connectivity index (χ2n) is 4.09. The molecule has 0 unspecified atom stereocenters. The molecule has 0 bridgehead atoms. The number of rotatable bonds is 7. The van der Waals surface area contributed by atoms with Crippen molar-refractivity contribution in [1.29, 1.82) is 0 Å². The van der Waals surface area contributed by atoms with Crippen LogP contribution in [0.1, 0.15) is 24.3 Å². The number of aromatic nitrogens is 1. The maximum Gasteiger partial charge on any atom is 0.270 e. The van der Waals surface area contributed by atoms with Crippen molar-refractivity contribution in [1.82, 2.24) is 15.2 Å². The van der Waals surface area contributed by atoms with Gasteiger partial charge >= 0.3 is 0 Å². The van der Waals surface area contributed by atoms with E-state index in [0.29, 0.717) is 12.2 Å². The number of carbonyl (C=O) groups is 1. The summed E-state index contributed by atoms with van der Waals surface area (Å²) in [6, 6.07) is 5.41. The summed E-state index contributed by atoms with van der Waals surface area (Å²) in [6.45, 7) is 7.33. The van der Waals surface area contributed by atoms with E-state index in [0.717, 1.165) is 25.5 Å². The van der Waals surface area contributed by atoms with Gasteiger partial charge in [-0.05, 0) is 32.6 Å². The van der Waals surface area contributed by atoms with Crippen molar-refractivity contribution in [3.05, 3.63) is 23.9 Å². The average Bonchev–Trinajstić information content (AvgIpc) is 2.39. The van der Waals surface area contributed by atoms with Gasteiger partial charge in [0.25, 0.3) is 5.91 Å². The van der Waals surface area contributed by atoms with Crippen molar-refractivity contribution in [3.8, 4) is 0 Å². The van der Waals surface area contributed by atoms with Gasteiger partial charge in [0.1, 0.15) is 11.5 Å². The molecule has 0 spiro atoms. The van der Waals surface area contributed by atoms with Crippen LogP contribution < -0.4 is 10.6 Å². The molecule has 0 fully saturated rings. The van der Waals surface area contributed by atoms with E-state index in [2.05, 4.69) is 27.4 Å². The minimum atomic E-state index is -0.126. The van der Waals surface area contributed by atoms with Crippen LogP contribution in [-0.4, -0.2) is 49.0 Å². The van der Waals surface area contributed by atoms with Crippen LogP contribution in [0.5, 0.6) is 0 Å². The Morgan fingerprint density at radius 1 is 1.39 bits per heavy atom. The molecule has 1 heterocycles. The monoisotopic (exact) mass is 250 g/mol. The van der Waals surface area contributed by atoms with Crippen LogP contribution >= 0.6 is 0 Å². The topological polar surface area (TPSA) is 57.3 Å². The molecule has 2 N–H and O–H groups in total. The molecule has 100 valence electrons. The Bertz CT molecular complexity index is 381. The SMILES string of the molecule is CCNc1cccc(C(=O)NCCN(C)CC)n1. The standard InChI is InChI=1S/C13H22N4O/c1-4-14-12-8-6-7-11(16-12)13(18)15-9-10-17(3)5-2/h6-8H,4-5,9-10H2,1-3H3,(H,14,16)(H,15,18). The highest BCUT2D eigenvalue weighted by Gasteiger charge is 2.07. The predicted molar refractivity (Wildman–Crippen MR) is 73.9 cm³/mol. The molecule has 1 rings (SSSR count). The molecule has 0 aliphatic heterocycles. The fourth-order valence-corrected chi connectivity index (χ4v) is 1.45. The molecule has 1 amide bonds. The summed E-state index contributed by atoms with van der Waals surface area (Å²) < 4.78 is 0. The van der Waals surface area contributed by atoms with E-state index in [-0.39, 0.29) is 5.91 Å². The van der Waals surface area contributed by atoms with Gasteiger partial charge in [-0.3, -0.25) is 4.79 Å². The third-order valence-electron chi connectivity index (χ3n) is 2.66. The van der Waals surface area contributed by atoms with Gasteiger partial charge in [0.05, 0.1) is 0 Å². The molecule has 1 aromatic heterocycles. The lowest BCUT2D eigenvalue weighted by molar-refractivity contribution is 0.0945. The Morgan fingerprint density at radius 2 is 2.17 bits per heavy atom. The molecule has 0 saturated heterocycles. The fourth-order valence-electron chi connectivity index (χ4n) is 1.45. The lowest BCUT2D eigenvalue weighted by Crippen LogP contribution is -2.33. The maximum absolute atomic E-state index is 11.9. The second kappa shape index (κ2) is 7.66. The molecule has 0 saturated carbocycles. The Labute approximate surface area is 109 Å². The molecule has 0 aliphatic carbocycles.